The molecule has 0 saturated heterocycles. The predicted molar refractivity (Wildman–Crippen MR) is 109 cm³/mol. The lowest BCUT2D eigenvalue weighted by Gasteiger charge is -2.12. The summed E-state index contributed by atoms with van der Waals surface area (Å²) in [6.45, 7) is 2.24. The van der Waals surface area contributed by atoms with Gasteiger partial charge in [0.25, 0.3) is 0 Å². The minimum atomic E-state index is 0.164. The Morgan fingerprint density at radius 2 is 1.68 bits per heavy atom. The second-order valence-corrected chi connectivity index (χ2v) is 6.42. The molecule has 0 aliphatic heterocycles. The molecule has 5 nitrogen and oxygen atoms in total. The molecule has 0 atom stereocenters. The molecule has 1 aromatic rings. The molecule has 0 heterocycles. The van der Waals surface area contributed by atoms with Crippen molar-refractivity contribution in [3.63, 3.8) is 0 Å². The van der Waals surface area contributed by atoms with Crippen LogP contribution < -0.4 is 20.6 Å². The molecule has 25 heavy (non-hydrogen) atoms. The van der Waals surface area contributed by atoms with Gasteiger partial charge < -0.3 is 15.2 Å². The molecule has 0 saturated carbocycles. The fraction of sp³-hybridized carbons (Fsp3) is 0.579. The number of rotatable bonds is 12. The van der Waals surface area contributed by atoms with E-state index in [0.29, 0.717) is 11.5 Å². The van der Waals surface area contributed by atoms with E-state index in [9.17, 15) is 0 Å². The van der Waals surface area contributed by atoms with Gasteiger partial charge in [-0.25, -0.2) is 0 Å². The topological polar surface area (TPSA) is 68.9 Å². The summed E-state index contributed by atoms with van der Waals surface area (Å²) in [6.07, 6.45) is 9.65. The first kappa shape index (κ1) is 21.2. The highest BCUT2D eigenvalue weighted by Crippen LogP contribution is 2.28. The zero-order valence-electron chi connectivity index (χ0n) is 15.6. The molecule has 0 bridgehead atoms. The van der Waals surface area contributed by atoms with Crippen molar-refractivity contribution in [1.29, 1.82) is 0 Å². The van der Waals surface area contributed by atoms with Crippen molar-refractivity contribution in [3.8, 4) is 11.5 Å². The highest BCUT2D eigenvalue weighted by Gasteiger charge is 2.10. The molecule has 140 valence electrons. The summed E-state index contributed by atoms with van der Waals surface area (Å²) < 4.78 is 10.7. The largest absolute Gasteiger partial charge is 0.493 e. The van der Waals surface area contributed by atoms with Crippen LogP contribution in [0.15, 0.2) is 23.3 Å². The number of nitrogens with one attached hydrogen (secondary N) is 1. The Morgan fingerprint density at radius 3 is 2.28 bits per heavy atom. The van der Waals surface area contributed by atoms with Crippen LogP contribution in [0.1, 0.15) is 63.9 Å². The van der Waals surface area contributed by atoms with E-state index in [-0.39, 0.29) is 5.11 Å². The molecule has 1 rings (SSSR count). The van der Waals surface area contributed by atoms with Gasteiger partial charge in [0.2, 0.25) is 0 Å². The Kier molecular flexibility index (Phi) is 10.6. The standard InChI is InChI=1S/C19H31N3O2S/c1-4-5-6-7-8-9-10-11-16(21-22-19(20)25)15-12-13-17(23-2)18(14-15)24-3/h12-14H,4-11H2,1-3H3,(H3,20,22,25)/b21-16+. The molecule has 1 aromatic carbocycles. The lowest BCUT2D eigenvalue weighted by Crippen LogP contribution is -2.25. The number of nitrogens with two attached hydrogens (primary N) is 1. The molecule has 0 radical (unpaired) electrons. The predicted octanol–water partition coefficient (Wildman–Crippen LogP) is 4.38. The quantitative estimate of drug-likeness (QED) is 0.249. The summed E-state index contributed by atoms with van der Waals surface area (Å²) in [5.41, 5.74) is 10.1. The van der Waals surface area contributed by atoms with Gasteiger partial charge in [-0.15, -0.1) is 0 Å². The summed E-state index contributed by atoms with van der Waals surface area (Å²) in [5, 5.41) is 4.54. The van der Waals surface area contributed by atoms with E-state index < -0.39 is 0 Å². The number of methoxy groups -OCH3 is 2. The SMILES string of the molecule is CCCCCCCCC/C(=N\NC(N)=S)c1ccc(OC)c(OC)c1. The number of hydrazone groups is 1. The van der Waals surface area contributed by atoms with Crippen molar-refractivity contribution >= 4 is 23.0 Å². The number of nitrogens with zero attached hydrogens (tertiary/aromatic N) is 1. The fourth-order valence-corrected chi connectivity index (χ4v) is 2.70. The molecule has 3 N–H and O–H groups in total. The number of ether oxygens (including phenoxy) is 2. The summed E-state index contributed by atoms with van der Waals surface area (Å²) >= 11 is 4.86. The van der Waals surface area contributed by atoms with E-state index in [2.05, 4.69) is 17.5 Å². The Labute approximate surface area is 157 Å². The minimum absolute atomic E-state index is 0.164. The van der Waals surface area contributed by atoms with E-state index in [1.165, 1.54) is 38.5 Å². The summed E-state index contributed by atoms with van der Waals surface area (Å²) in [4.78, 5) is 0. The van der Waals surface area contributed by atoms with E-state index in [1.54, 1.807) is 14.2 Å². The maximum atomic E-state index is 5.51. The molecule has 0 fully saturated rings. The van der Waals surface area contributed by atoms with Crippen LogP contribution in [0.3, 0.4) is 0 Å². The van der Waals surface area contributed by atoms with Crippen molar-refractivity contribution in [2.75, 3.05) is 14.2 Å². The van der Waals surface area contributed by atoms with Gasteiger partial charge in [-0.3, -0.25) is 5.43 Å². The zero-order valence-corrected chi connectivity index (χ0v) is 16.5. The third-order valence-electron chi connectivity index (χ3n) is 4.03. The van der Waals surface area contributed by atoms with Crippen molar-refractivity contribution < 1.29 is 9.47 Å². The number of benzene rings is 1. The molecule has 0 aromatic heterocycles. The van der Waals surface area contributed by atoms with Crippen LogP contribution >= 0.6 is 12.2 Å². The van der Waals surface area contributed by atoms with Crippen LogP contribution in [-0.4, -0.2) is 25.0 Å². The van der Waals surface area contributed by atoms with Crippen molar-refractivity contribution in [1.82, 2.24) is 5.43 Å². The van der Waals surface area contributed by atoms with Gasteiger partial charge in [0.1, 0.15) is 0 Å². The number of thiocarbonyl (C=S) groups is 1. The van der Waals surface area contributed by atoms with Gasteiger partial charge in [-0.2, -0.15) is 5.10 Å². The highest BCUT2D eigenvalue weighted by molar-refractivity contribution is 7.80. The minimum Gasteiger partial charge on any atom is -0.493 e. The number of unbranched alkanes of at least 4 members (excludes halogenated alkanes) is 6. The third-order valence-corrected chi connectivity index (χ3v) is 4.13. The fourth-order valence-electron chi connectivity index (χ4n) is 2.65. The first-order valence-corrected chi connectivity index (χ1v) is 9.37. The van der Waals surface area contributed by atoms with Crippen molar-refractivity contribution in [2.24, 2.45) is 10.8 Å². The van der Waals surface area contributed by atoms with E-state index in [0.717, 1.165) is 24.1 Å². The van der Waals surface area contributed by atoms with E-state index in [4.69, 9.17) is 27.4 Å². The van der Waals surface area contributed by atoms with Gasteiger partial charge in [0.05, 0.1) is 19.9 Å². The monoisotopic (exact) mass is 365 g/mol. The Balaban J connectivity index is 2.70. The van der Waals surface area contributed by atoms with Gasteiger partial charge in [-0.1, -0.05) is 45.4 Å². The molecule has 0 aliphatic carbocycles. The smallest absolute Gasteiger partial charge is 0.184 e. The maximum Gasteiger partial charge on any atom is 0.184 e. The average Bonchev–Trinajstić information content (AvgIpc) is 2.62. The Bertz CT molecular complexity index is 562. The van der Waals surface area contributed by atoms with Crippen molar-refractivity contribution in [3.05, 3.63) is 23.8 Å². The van der Waals surface area contributed by atoms with E-state index >= 15 is 0 Å². The Hall–Kier alpha value is -1.82. The number of hydrogen-bond donors (Lipinski definition) is 2. The summed E-state index contributed by atoms with van der Waals surface area (Å²) in [6, 6.07) is 5.79. The van der Waals surface area contributed by atoms with Crippen LogP contribution in [0.2, 0.25) is 0 Å². The van der Waals surface area contributed by atoms with Crippen LogP contribution in [-0.2, 0) is 0 Å². The van der Waals surface area contributed by atoms with Crippen LogP contribution in [0.25, 0.3) is 0 Å². The second-order valence-electron chi connectivity index (χ2n) is 5.98. The Morgan fingerprint density at radius 1 is 1.04 bits per heavy atom. The molecular formula is C19H31N3O2S. The lowest BCUT2D eigenvalue weighted by molar-refractivity contribution is 0.355. The van der Waals surface area contributed by atoms with Gasteiger partial charge in [0, 0.05) is 5.56 Å². The average molecular weight is 366 g/mol. The maximum absolute atomic E-state index is 5.51. The molecule has 0 spiro atoms. The highest BCUT2D eigenvalue weighted by atomic mass is 32.1. The first-order chi connectivity index (χ1) is 12.1. The molecule has 0 aliphatic rings. The van der Waals surface area contributed by atoms with Gasteiger partial charge in [-0.05, 0) is 43.3 Å². The molecule has 6 heteroatoms. The van der Waals surface area contributed by atoms with E-state index in [1.807, 2.05) is 18.2 Å². The van der Waals surface area contributed by atoms with Gasteiger partial charge in [0.15, 0.2) is 16.6 Å². The lowest BCUT2D eigenvalue weighted by atomic mass is 10.0. The van der Waals surface area contributed by atoms with Crippen LogP contribution in [0, 0.1) is 0 Å². The number of hydrogen-bond acceptors (Lipinski definition) is 4. The molecule has 0 unspecified atom stereocenters. The summed E-state index contributed by atoms with van der Waals surface area (Å²) in [5.74, 6) is 1.38. The molecule has 0 amide bonds. The molecular weight excluding hydrogens is 334 g/mol. The van der Waals surface area contributed by atoms with Gasteiger partial charge >= 0.3 is 0 Å². The zero-order chi connectivity index (χ0) is 18.5. The van der Waals surface area contributed by atoms with Crippen LogP contribution in [0.5, 0.6) is 11.5 Å². The van der Waals surface area contributed by atoms with Crippen LogP contribution in [0.4, 0.5) is 0 Å². The van der Waals surface area contributed by atoms with Crippen molar-refractivity contribution in [2.45, 2.75) is 58.3 Å². The first-order valence-electron chi connectivity index (χ1n) is 8.96. The second kappa shape index (κ2) is 12.5. The third kappa shape index (κ3) is 8.20. The normalized spacial score (nSPS) is 11.2. The summed E-state index contributed by atoms with van der Waals surface area (Å²) in [7, 11) is 3.25.